The molecule has 158 valence electrons. The van der Waals surface area contributed by atoms with Gasteiger partial charge in [-0.05, 0) is 49.0 Å². The molecule has 1 aliphatic heterocycles. The summed E-state index contributed by atoms with van der Waals surface area (Å²) in [5, 5.41) is 0. The molecule has 0 atom stereocenters. The van der Waals surface area contributed by atoms with E-state index in [2.05, 4.69) is 14.6 Å². The van der Waals surface area contributed by atoms with Crippen LogP contribution in [0.15, 0.2) is 58.4 Å². The number of halogens is 2. The summed E-state index contributed by atoms with van der Waals surface area (Å²) in [4.78, 5) is 8.84. The number of rotatable bonds is 5. The number of nitrogens with zero attached hydrogens (tertiary/aromatic N) is 3. The van der Waals surface area contributed by atoms with Gasteiger partial charge in [0.25, 0.3) is 0 Å². The lowest BCUT2D eigenvalue weighted by Gasteiger charge is -2.36. The van der Waals surface area contributed by atoms with Crippen molar-refractivity contribution in [1.82, 2.24) is 9.62 Å². The number of nitrogens with two attached hydrogens (primary N) is 1. The predicted molar refractivity (Wildman–Crippen MR) is 124 cm³/mol. The van der Waals surface area contributed by atoms with Gasteiger partial charge in [0, 0.05) is 31.9 Å². The van der Waals surface area contributed by atoms with Crippen molar-refractivity contribution in [2.24, 2.45) is 10.7 Å². The number of hydrogen-bond donors (Lipinski definition) is 2. The van der Waals surface area contributed by atoms with Crippen molar-refractivity contribution >= 4 is 45.6 Å². The molecule has 3 N–H and O–H groups in total. The monoisotopic (exact) mass is 533 g/mol. The Hall–Kier alpha value is -1.92. The average Bonchev–Trinajstić information content (AvgIpc) is 2.73. The summed E-state index contributed by atoms with van der Waals surface area (Å²) in [6.45, 7) is 3.39. The van der Waals surface area contributed by atoms with Gasteiger partial charge in [0.05, 0.1) is 11.4 Å². The number of nitrogens with one attached hydrogen (secondary N) is 1. The summed E-state index contributed by atoms with van der Waals surface area (Å²) in [7, 11) is -2.06. The molecule has 3 rings (SSSR count). The highest BCUT2D eigenvalue weighted by Crippen LogP contribution is 2.17. The first-order chi connectivity index (χ1) is 13.4. The van der Waals surface area contributed by atoms with Gasteiger partial charge in [-0.1, -0.05) is 12.1 Å². The van der Waals surface area contributed by atoms with Crippen molar-refractivity contribution < 1.29 is 12.8 Å². The van der Waals surface area contributed by atoms with Crippen molar-refractivity contribution in [1.29, 1.82) is 0 Å². The van der Waals surface area contributed by atoms with Crippen molar-refractivity contribution in [3.8, 4) is 0 Å². The molecule has 10 heteroatoms. The Morgan fingerprint density at radius 1 is 1.07 bits per heavy atom. The quantitative estimate of drug-likeness (QED) is 0.349. The van der Waals surface area contributed by atoms with Crippen LogP contribution in [0.1, 0.15) is 5.56 Å². The van der Waals surface area contributed by atoms with Gasteiger partial charge >= 0.3 is 0 Å². The molecule has 0 amide bonds. The molecular weight excluding hydrogens is 508 g/mol. The Kier molecular flexibility index (Phi) is 8.23. The predicted octanol–water partition coefficient (Wildman–Crippen LogP) is 1.99. The van der Waals surface area contributed by atoms with E-state index in [0.29, 0.717) is 12.5 Å². The number of benzene rings is 2. The Bertz CT molecular complexity index is 928. The second-order valence-corrected chi connectivity index (χ2v) is 8.36. The van der Waals surface area contributed by atoms with E-state index in [9.17, 15) is 12.8 Å². The standard InChI is InChI=1S/C19H24FN5O2S.HI/c1-22-28(26,27)18-8-2-15(3-9-18)14-23-19(21)25-12-10-24(11-13-25)17-6-4-16(20)5-7-17;/h2-9,22H,10-14H2,1H3,(H2,21,23);1H. The third-order valence-electron chi connectivity index (χ3n) is 4.72. The zero-order valence-corrected chi connectivity index (χ0v) is 19.2. The third kappa shape index (κ3) is 6.03. The first kappa shape index (κ1) is 23.4. The van der Waals surface area contributed by atoms with E-state index in [4.69, 9.17) is 5.73 Å². The minimum atomic E-state index is -3.44. The molecule has 0 radical (unpaired) electrons. The topological polar surface area (TPSA) is 91.0 Å². The molecule has 1 saturated heterocycles. The lowest BCUT2D eigenvalue weighted by atomic mass is 10.2. The van der Waals surface area contributed by atoms with Crippen LogP contribution in [0, 0.1) is 5.82 Å². The minimum Gasteiger partial charge on any atom is -0.370 e. The van der Waals surface area contributed by atoms with Crippen LogP contribution in [-0.4, -0.2) is 52.5 Å². The first-order valence-corrected chi connectivity index (χ1v) is 10.5. The van der Waals surface area contributed by atoms with Gasteiger partial charge in [-0.3, -0.25) is 0 Å². The van der Waals surface area contributed by atoms with Crippen molar-refractivity contribution in [2.75, 3.05) is 38.1 Å². The fraction of sp³-hybridized carbons (Fsp3) is 0.316. The van der Waals surface area contributed by atoms with Crippen molar-refractivity contribution in [3.05, 3.63) is 59.9 Å². The lowest BCUT2D eigenvalue weighted by molar-refractivity contribution is 0.380. The van der Waals surface area contributed by atoms with Crippen LogP contribution in [0.25, 0.3) is 0 Å². The molecule has 0 aromatic heterocycles. The minimum absolute atomic E-state index is 0. The van der Waals surface area contributed by atoms with Crippen LogP contribution in [0.2, 0.25) is 0 Å². The number of aliphatic imine (C=N–C) groups is 1. The summed E-state index contributed by atoms with van der Waals surface area (Å²) in [5.41, 5.74) is 7.99. The Morgan fingerprint density at radius 3 is 2.21 bits per heavy atom. The molecule has 1 heterocycles. The van der Waals surface area contributed by atoms with Crippen LogP contribution < -0.4 is 15.4 Å². The van der Waals surface area contributed by atoms with Crippen molar-refractivity contribution in [3.63, 3.8) is 0 Å². The smallest absolute Gasteiger partial charge is 0.240 e. The van der Waals surface area contributed by atoms with E-state index in [1.807, 2.05) is 4.90 Å². The van der Waals surface area contributed by atoms with Crippen LogP contribution in [0.4, 0.5) is 10.1 Å². The Labute approximate surface area is 187 Å². The van der Waals surface area contributed by atoms with E-state index in [-0.39, 0.29) is 34.7 Å². The molecule has 2 aromatic rings. The van der Waals surface area contributed by atoms with Gasteiger partial charge in [0.2, 0.25) is 10.0 Å². The highest BCUT2D eigenvalue weighted by Gasteiger charge is 2.18. The first-order valence-electron chi connectivity index (χ1n) is 8.97. The van der Waals surface area contributed by atoms with Gasteiger partial charge in [-0.15, -0.1) is 24.0 Å². The Morgan fingerprint density at radius 2 is 1.66 bits per heavy atom. The van der Waals surface area contributed by atoms with Gasteiger partial charge in [0.1, 0.15) is 5.82 Å². The number of guanidine groups is 1. The van der Waals surface area contributed by atoms with E-state index in [0.717, 1.165) is 37.4 Å². The molecule has 29 heavy (non-hydrogen) atoms. The van der Waals surface area contributed by atoms with Crippen LogP contribution in [0.5, 0.6) is 0 Å². The number of piperazine rings is 1. The van der Waals surface area contributed by atoms with Gasteiger partial charge < -0.3 is 15.5 Å². The molecule has 0 bridgehead atoms. The summed E-state index contributed by atoms with van der Waals surface area (Å²) in [6.07, 6.45) is 0. The largest absolute Gasteiger partial charge is 0.370 e. The fourth-order valence-corrected chi connectivity index (χ4v) is 3.74. The lowest BCUT2D eigenvalue weighted by Crippen LogP contribution is -2.51. The summed E-state index contributed by atoms with van der Waals surface area (Å²) in [5.74, 6) is 0.223. The van der Waals surface area contributed by atoms with E-state index >= 15 is 0 Å². The second-order valence-electron chi connectivity index (χ2n) is 6.48. The Balaban J connectivity index is 0.00000300. The molecule has 1 fully saturated rings. The second kappa shape index (κ2) is 10.2. The van der Waals surface area contributed by atoms with E-state index in [1.165, 1.54) is 19.2 Å². The molecule has 2 aromatic carbocycles. The highest BCUT2D eigenvalue weighted by atomic mass is 127. The maximum atomic E-state index is 13.1. The van der Waals surface area contributed by atoms with Crippen LogP contribution >= 0.6 is 24.0 Å². The maximum Gasteiger partial charge on any atom is 0.240 e. The third-order valence-corrected chi connectivity index (χ3v) is 6.15. The molecular formula is C19H25FIN5O2S. The van der Waals surface area contributed by atoms with E-state index < -0.39 is 10.0 Å². The number of anilines is 1. The summed E-state index contributed by atoms with van der Waals surface area (Å²) >= 11 is 0. The highest BCUT2D eigenvalue weighted by molar-refractivity contribution is 14.0. The zero-order chi connectivity index (χ0) is 20.1. The molecule has 0 unspecified atom stereocenters. The molecule has 7 nitrogen and oxygen atoms in total. The number of sulfonamides is 1. The summed E-state index contributed by atoms with van der Waals surface area (Å²) in [6, 6.07) is 13.0. The number of hydrogen-bond acceptors (Lipinski definition) is 4. The summed E-state index contributed by atoms with van der Waals surface area (Å²) < 4.78 is 38.8. The normalized spacial score (nSPS) is 15.2. The SMILES string of the molecule is CNS(=O)(=O)c1ccc(CN=C(N)N2CCN(c3ccc(F)cc3)CC2)cc1.I. The molecule has 0 spiro atoms. The average molecular weight is 533 g/mol. The van der Waals surface area contributed by atoms with Crippen LogP contribution in [0.3, 0.4) is 0 Å². The zero-order valence-electron chi connectivity index (χ0n) is 16.1. The van der Waals surface area contributed by atoms with E-state index in [1.54, 1.807) is 36.4 Å². The molecule has 0 aliphatic carbocycles. The van der Waals surface area contributed by atoms with Gasteiger partial charge in [0.15, 0.2) is 5.96 Å². The maximum absolute atomic E-state index is 13.1. The van der Waals surface area contributed by atoms with Gasteiger partial charge in [-0.2, -0.15) is 0 Å². The molecule has 0 saturated carbocycles. The van der Waals surface area contributed by atoms with Gasteiger partial charge in [-0.25, -0.2) is 22.5 Å². The van der Waals surface area contributed by atoms with Crippen LogP contribution in [-0.2, 0) is 16.6 Å². The molecule has 1 aliphatic rings. The fourth-order valence-electron chi connectivity index (χ4n) is 3.01. The van der Waals surface area contributed by atoms with Crippen molar-refractivity contribution in [2.45, 2.75) is 11.4 Å².